The van der Waals surface area contributed by atoms with E-state index in [2.05, 4.69) is 15.5 Å². The van der Waals surface area contributed by atoms with Gasteiger partial charge in [0.25, 0.3) is 0 Å². The number of nitrogens with zero attached hydrogens (tertiary/aromatic N) is 1. The molecule has 6 heteroatoms. The van der Waals surface area contributed by atoms with Gasteiger partial charge in [-0.1, -0.05) is 25.5 Å². The van der Waals surface area contributed by atoms with E-state index in [9.17, 15) is 9.59 Å². The molecule has 6 nitrogen and oxygen atoms in total. The van der Waals surface area contributed by atoms with Gasteiger partial charge in [-0.3, -0.25) is 9.59 Å². The van der Waals surface area contributed by atoms with E-state index in [-0.39, 0.29) is 18.4 Å². The van der Waals surface area contributed by atoms with Crippen LogP contribution in [0.3, 0.4) is 0 Å². The highest BCUT2D eigenvalue weighted by atomic mass is 16.5. The molecule has 2 amide bonds. The van der Waals surface area contributed by atoms with Crippen molar-refractivity contribution in [3.05, 3.63) is 24.3 Å². The van der Waals surface area contributed by atoms with Crippen LogP contribution < -0.4 is 15.5 Å². The number of hydrogen-bond donors (Lipinski definition) is 2. The summed E-state index contributed by atoms with van der Waals surface area (Å²) in [5.41, 5.74) is 1.75. The van der Waals surface area contributed by atoms with E-state index in [1.165, 1.54) is 0 Å². The van der Waals surface area contributed by atoms with Crippen LogP contribution in [-0.4, -0.2) is 44.7 Å². The first-order chi connectivity index (χ1) is 11.2. The number of unbranched alkanes of at least 4 members (excludes halogenated alkanes) is 1. The lowest BCUT2D eigenvalue weighted by molar-refractivity contribution is -0.124. The fourth-order valence-corrected chi connectivity index (χ4v) is 2.46. The SMILES string of the molecule is CCCCC(=O)NCC(=O)Nc1ccccc1N1CCOCC1. The lowest BCUT2D eigenvalue weighted by atomic mass is 10.2. The standard InChI is InChI=1S/C17H25N3O3/c1-2-3-8-16(21)18-13-17(22)19-14-6-4-5-7-15(14)20-9-11-23-12-10-20/h4-7H,2-3,8-13H2,1H3,(H,18,21)(H,19,22). The van der Waals surface area contributed by atoms with Crippen molar-refractivity contribution in [2.75, 3.05) is 43.1 Å². The Morgan fingerprint density at radius 3 is 2.65 bits per heavy atom. The summed E-state index contributed by atoms with van der Waals surface area (Å²) >= 11 is 0. The van der Waals surface area contributed by atoms with E-state index in [1.807, 2.05) is 31.2 Å². The minimum Gasteiger partial charge on any atom is -0.378 e. The molecule has 1 fully saturated rings. The average Bonchev–Trinajstić information content (AvgIpc) is 2.59. The maximum atomic E-state index is 12.1. The molecule has 1 aliphatic rings. The summed E-state index contributed by atoms with van der Waals surface area (Å²) in [6.45, 7) is 5.02. The van der Waals surface area contributed by atoms with Crippen molar-refractivity contribution in [1.29, 1.82) is 0 Å². The van der Waals surface area contributed by atoms with Gasteiger partial charge in [-0.15, -0.1) is 0 Å². The molecule has 0 atom stereocenters. The third-order valence-electron chi connectivity index (χ3n) is 3.73. The van der Waals surface area contributed by atoms with Crippen LogP contribution >= 0.6 is 0 Å². The number of amides is 2. The molecule has 126 valence electrons. The lowest BCUT2D eigenvalue weighted by Gasteiger charge is -2.30. The molecule has 0 unspecified atom stereocenters. The molecule has 0 bridgehead atoms. The first kappa shape index (κ1) is 17.3. The van der Waals surface area contributed by atoms with Gasteiger partial charge < -0.3 is 20.3 Å². The maximum absolute atomic E-state index is 12.1. The number of benzene rings is 1. The minimum absolute atomic E-state index is 0.00000693. The highest BCUT2D eigenvalue weighted by Crippen LogP contribution is 2.26. The molecule has 0 aromatic heterocycles. The van der Waals surface area contributed by atoms with Crippen LogP contribution in [0.1, 0.15) is 26.2 Å². The summed E-state index contributed by atoms with van der Waals surface area (Å²) < 4.78 is 5.36. The van der Waals surface area contributed by atoms with E-state index in [1.54, 1.807) is 0 Å². The molecule has 0 radical (unpaired) electrons. The van der Waals surface area contributed by atoms with Crippen LogP contribution in [0.2, 0.25) is 0 Å². The first-order valence-corrected chi connectivity index (χ1v) is 8.19. The molecule has 1 saturated heterocycles. The Morgan fingerprint density at radius 2 is 1.91 bits per heavy atom. The van der Waals surface area contributed by atoms with Gasteiger partial charge >= 0.3 is 0 Å². The number of hydrogen-bond acceptors (Lipinski definition) is 4. The average molecular weight is 319 g/mol. The van der Waals surface area contributed by atoms with Crippen LogP contribution in [0.15, 0.2) is 24.3 Å². The molecule has 2 rings (SSSR count). The van der Waals surface area contributed by atoms with Gasteiger partial charge in [-0.05, 0) is 18.6 Å². The number of nitrogens with one attached hydrogen (secondary N) is 2. The fraction of sp³-hybridized carbons (Fsp3) is 0.529. The number of ether oxygens (including phenoxy) is 1. The lowest BCUT2D eigenvalue weighted by Crippen LogP contribution is -2.37. The van der Waals surface area contributed by atoms with E-state index in [4.69, 9.17) is 4.74 Å². The van der Waals surface area contributed by atoms with Crippen LogP contribution in [0, 0.1) is 0 Å². The molecular weight excluding hydrogens is 294 g/mol. The number of para-hydroxylation sites is 2. The van der Waals surface area contributed by atoms with Crippen molar-refractivity contribution in [1.82, 2.24) is 5.32 Å². The zero-order valence-electron chi connectivity index (χ0n) is 13.6. The Kier molecular flexibility index (Phi) is 6.87. The zero-order valence-corrected chi connectivity index (χ0v) is 13.6. The molecule has 1 heterocycles. The van der Waals surface area contributed by atoms with Crippen molar-refractivity contribution < 1.29 is 14.3 Å². The largest absolute Gasteiger partial charge is 0.378 e. The van der Waals surface area contributed by atoms with E-state index < -0.39 is 0 Å². The van der Waals surface area contributed by atoms with Gasteiger partial charge in [-0.2, -0.15) is 0 Å². The highest BCUT2D eigenvalue weighted by Gasteiger charge is 2.15. The molecular formula is C17H25N3O3. The summed E-state index contributed by atoms with van der Waals surface area (Å²) in [6.07, 6.45) is 2.27. The molecule has 0 spiro atoms. The van der Waals surface area contributed by atoms with E-state index in [0.717, 1.165) is 37.3 Å². The van der Waals surface area contributed by atoms with Crippen LogP contribution in [0.5, 0.6) is 0 Å². The zero-order chi connectivity index (χ0) is 16.5. The van der Waals surface area contributed by atoms with Crippen LogP contribution in [0.25, 0.3) is 0 Å². The van der Waals surface area contributed by atoms with Gasteiger partial charge in [0.15, 0.2) is 0 Å². The van der Waals surface area contributed by atoms with E-state index in [0.29, 0.717) is 19.6 Å². The second-order valence-corrected chi connectivity index (χ2v) is 5.55. The van der Waals surface area contributed by atoms with Gasteiger partial charge in [0.1, 0.15) is 0 Å². The number of anilines is 2. The van der Waals surface area contributed by atoms with Crippen molar-refractivity contribution >= 4 is 23.2 Å². The quantitative estimate of drug-likeness (QED) is 0.803. The summed E-state index contributed by atoms with van der Waals surface area (Å²) in [6, 6.07) is 7.70. The Hall–Kier alpha value is -2.08. The minimum atomic E-state index is -0.212. The van der Waals surface area contributed by atoms with Gasteiger partial charge in [0, 0.05) is 19.5 Å². The highest BCUT2D eigenvalue weighted by molar-refractivity contribution is 5.97. The summed E-state index contributed by atoms with van der Waals surface area (Å²) in [5.74, 6) is -0.293. The van der Waals surface area contributed by atoms with Crippen LogP contribution in [-0.2, 0) is 14.3 Å². The smallest absolute Gasteiger partial charge is 0.243 e. The van der Waals surface area contributed by atoms with Crippen LogP contribution in [0.4, 0.5) is 11.4 Å². The van der Waals surface area contributed by atoms with Gasteiger partial charge in [0.05, 0.1) is 31.1 Å². The topological polar surface area (TPSA) is 70.7 Å². The Morgan fingerprint density at radius 1 is 1.17 bits per heavy atom. The van der Waals surface area contributed by atoms with Crippen molar-refractivity contribution in [2.24, 2.45) is 0 Å². The van der Waals surface area contributed by atoms with E-state index >= 15 is 0 Å². The second-order valence-electron chi connectivity index (χ2n) is 5.55. The number of morpholine rings is 1. The Labute approximate surface area is 137 Å². The molecule has 2 N–H and O–H groups in total. The fourth-order valence-electron chi connectivity index (χ4n) is 2.46. The van der Waals surface area contributed by atoms with Crippen molar-refractivity contribution in [2.45, 2.75) is 26.2 Å². The normalized spacial score (nSPS) is 14.4. The third kappa shape index (κ3) is 5.56. The number of rotatable bonds is 7. The Balaban J connectivity index is 1.89. The monoisotopic (exact) mass is 319 g/mol. The third-order valence-corrected chi connectivity index (χ3v) is 3.73. The Bertz CT molecular complexity index is 528. The number of carbonyl (C=O) groups excluding carboxylic acids is 2. The summed E-state index contributed by atoms with van der Waals surface area (Å²) in [5, 5.41) is 5.54. The molecule has 1 aliphatic heterocycles. The first-order valence-electron chi connectivity index (χ1n) is 8.19. The number of carbonyl (C=O) groups is 2. The molecule has 1 aromatic rings. The predicted molar refractivity (Wildman–Crippen MR) is 90.6 cm³/mol. The van der Waals surface area contributed by atoms with Crippen molar-refractivity contribution in [3.8, 4) is 0 Å². The van der Waals surface area contributed by atoms with Crippen molar-refractivity contribution in [3.63, 3.8) is 0 Å². The summed E-state index contributed by atoms with van der Waals surface area (Å²) in [7, 11) is 0. The molecule has 1 aromatic carbocycles. The van der Waals surface area contributed by atoms with Gasteiger partial charge in [-0.25, -0.2) is 0 Å². The summed E-state index contributed by atoms with van der Waals surface area (Å²) in [4.78, 5) is 25.8. The van der Waals surface area contributed by atoms with Gasteiger partial charge in [0.2, 0.25) is 11.8 Å². The second kappa shape index (κ2) is 9.15. The predicted octanol–water partition coefficient (Wildman–Crippen LogP) is 1.77. The maximum Gasteiger partial charge on any atom is 0.243 e. The molecule has 0 saturated carbocycles. The molecule has 0 aliphatic carbocycles. The molecule has 23 heavy (non-hydrogen) atoms.